The molecular formula is C24H23N3OS. The summed E-state index contributed by atoms with van der Waals surface area (Å²) in [5.41, 5.74) is 4.25. The van der Waals surface area contributed by atoms with Crippen LogP contribution in [0, 0.1) is 20.8 Å². The molecule has 4 aromatic rings. The van der Waals surface area contributed by atoms with Gasteiger partial charge in [-0.3, -0.25) is 4.79 Å². The molecule has 146 valence electrons. The Balaban J connectivity index is 1.61. The van der Waals surface area contributed by atoms with Crippen LogP contribution in [0.1, 0.15) is 43.8 Å². The van der Waals surface area contributed by atoms with Gasteiger partial charge in [0.15, 0.2) is 0 Å². The van der Waals surface area contributed by atoms with E-state index >= 15 is 0 Å². The third-order valence-electron chi connectivity index (χ3n) is 5.16. The van der Waals surface area contributed by atoms with Crippen LogP contribution in [0.25, 0.3) is 10.2 Å². The molecule has 0 aliphatic heterocycles. The zero-order valence-electron chi connectivity index (χ0n) is 16.8. The van der Waals surface area contributed by atoms with Crippen LogP contribution < -0.4 is 5.32 Å². The first-order valence-corrected chi connectivity index (χ1v) is 10.5. The monoisotopic (exact) mass is 401 g/mol. The van der Waals surface area contributed by atoms with E-state index in [1.807, 2.05) is 57.2 Å². The predicted molar refractivity (Wildman–Crippen MR) is 119 cm³/mol. The van der Waals surface area contributed by atoms with Crippen LogP contribution >= 0.6 is 11.3 Å². The molecule has 5 heteroatoms. The number of fused-ring (bicyclic) bond motifs is 1. The molecule has 4 nitrogen and oxygen atoms in total. The molecule has 0 fully saturated rings. The smallest absolute Gasteiger partial charge is 0.261 e. The standard InChI is InChI=1S/C24H23N3OS/c1-15-21-16(2)26-17(3)27-24(21)29-22(15)23(28)25-14-20(18-10-6-4-7-11-18)19-12-8-5-9-13-19/h4-13,20H,14H2,1-3H3,(H,25,28). The fourth-order valence-electron chi connectivity index (χ4n) is 3.76. The zero-order chi connectivity index (χ0) is 20.4. The van der Waals surface area contributed by atoms with Crippen molar-refractivity contribution >= 4 is 27.5 Å². The second-order valence-electron chi connectivity index (χ2n) is 7.18. The summed E-state index contributed by atoms with van der Waals surface area (Å²) >= 11 is 1.44. The number of amides is 1. The van der Waals surface area contributed by atoms with E-state index in [1.54, 1.807) is 0 Å². The molecular weight excluding hydrogens is 378 g/mol. The van der Waals surface area contributed by atoms with Gasteiger partial charge in [0.2, 0.25) is 0 Å². The molecule has 1 amide bonds. The van der Waals surface area contributed by atoms with E-state index in [2.05, 4.69) is 39.6 Å². The van der Waals surface area contributed by atoms with Crippen LogP contribution in [0.15, 0.2) is 60.7 Å². The summed E-state index contributed by atoms with van der Waals surface area (Å²) in [6.45, 7) is 6.36. The van der Waals surface area contributed by atoms with Crippen LogP contribution in [-0.2, 0) is 0 Å². The van der Waals surface area contributed by atoms with Crippen molar-refractivity contribution in [2.75, 3.05) is 6.54 Å². The Hall–Kier alpha value is -3.05. The lowest BCUT2D eigenvalue weighted by Gasteiger charge is -2.18. The van der Waals surface area contributed by atoms with Gasteiger partial charge in [-0.2, -0.15) is 0 Å². The summed E-state index contributed by atoms with van der Waals surface area (Å²) < 4.78 is 0. The molecule has 1 N–H and O–H groups in total. The van der Waals surface area contributed by atoms with Crippen LogP contribution in [0.2, 0.25) is 0 Å². The number of aromatic nitrogens is 2. The average molecular weight is 402 g/mol. The van der Waals surface area contributed by atoms with Crippen molar-refractivity contribution < 1.29 is 4.79 Å². The number of aryl methyl sites for hydroxylation is 3. The first kappa shape index (κ1) is 19.3. The number of nitrogens with zero attached hydrogens (tertiary/aromatic N) is 2. The molecule has 0 saturated heterocycles. The van der Waals surface area contributed by atoms with E-state index in [4.69, 9.17) is 0 Å². The number of thiophene rings is 1. The van der Waals surface area contributed by atoms with Crippen molar-refractivity contribution in [3.8, 4) is 0 Å². The Labute approximate surface area is 174 Å². The average Bonchev–Trinajstić information content (AvgIpc) is 3.06. The highest BCUT2D eigenvalue weighted by molar-refractivity contribution is 7.20. The molecule has 29 heavy (non-hydrogen) atoms. The van der Waals surface area contributed by atoms with Crippen LogP contribution in [0.4, 0.5) is 0 Å². The van der Waals surface area contributed by atoms with E-state index in [0.29, 0.717) is 11.4 Å². The van der Waals surface area contributed by atoms with Gasteiger partial charge in [0.25, 0.3) is 5.91 Å². The summed E-state index contributed by atoms with van der Waals surface area (Å²) in [6.07, 6.45) is 0. The summed E-state index contributed by atoms with van der Waals surface area (Å²) in [6, 6.07) is 20.6. The Morgan fingerprint density at radius 3 is 2.10 bits per heavy atom. The summed E-state index contributed by atoms with van der Waals surface area (Å²) in [4.78, 5) is 23.6. The van der Waals surface area contributed by atoms with Gasteiger partial charge in [0.05, 0.1) is 4.88 Å². The minimum absolute atomic E-state index is 0.0561. The number of benzene rings is 2. The predicted octanol–water partition coefficient (Wildman–Crippen LogP) is 5.18. The Morgan fingerprint density at radius 2 is 1.52 bits per heavy atom. The molecule has 0 unspecified atom stereocenters. The molecule has 2 aromatic heterocycles. The quantitative estimate of drug-likeness (QED) is 0.501. The molecule has 2 aromatic carbocycles. The van der Waals surface area contributed by atoms with Crippen molar-refractivity contribution in [1.82, 2.24) is 15.3 Å². The second kappa shape index (κ2) is 8.13. The summed E-state index contributed by atoms with van der Waals surface area (Å²) in [7, 11) is 0. The molecule has 0 aliphatic carbocycles. The van der Waals surface area contributed by atoms with Crippen molar-refractivity contribution in [3.05, 3.63) is 93.7 Å². The number of rotatable bonds is 5. The third-order valence-corrected chi connectivity index (χ3v) is 6.34. The van der Waals surface area contributed by atoms with Gasteiger partial charge in [-0.1, -0.05) is 60.7 Å². The molecule has 0 atom stereocenters. The molecule has 4 rings (SSSR count). The van der Waals surface area contributed by atoms with E-state index in [-0.39, 0.29) is 11.8 Å². The Bertz CT molecular complexity index is 1110. The maximum Gasteiger partial charge on any atom is 0.261 e. The van der Waals surface area contributed by atoms with E-state index < -0.39 is 0 Å². The van der Waals surface area contributed by atoms with Gasteiger partial charge in [0.1, 0.15) is 10.7 Å². The lowest BCUT2D eigenvalue weighted by Crippen LogP contribution is -2.28. The fourth-order valence-corrected chi connectivity index (χ4v) is 4.96. The van der Waals surface area contributed by atoms with Gasteiger partial charge >= 0.3 is 0 Å². The topological polar surface area (TPSA) is 54.9 Å². The van der Waals surface area contributed by atoms with Gasteiger partial charge in [-0.05, 0) is 37.5 Å². The van der Waals surface area contributed by atoms with Gasteiger partial charge in [-0.25, -0.2) is 9.97 Å². The van der Waals surface area contributed by atoms with E-state index in [0.717, 1.165) is 27.3 Å². The highest BCUT2D eigenvalue weighted by Crippen LogP contribution is 2.31. The molecule has 0 spiro atoms. The van der Waals surface area contributed by atoms with E-state index in [9.17, 15) is 4.79 Å². The largest absolute Gasteiger partial charge is 0.350 e. The highest BCUT2D eigenvalue weighted by atomic mass is 32.1. The number of carbonyl (C=O) groups excluding carboxylic acids is 1. The molecule has 0 saturated carbocycles. The zero-order valence-corrected chi connectivity index (χ0v) is 17.6. The van der Waals surface area contributed by atoms with Crippen molar-refractivity contribution in [1.29, 1.82) is 0 Å². The third kappa shape index (κ3) is 3.91. The second-order valence-corrected chi connectivity index (χ2v) is 8.18. The number of carbonyl (C=O) groups is 1. The normalized spacial score (nSPS) is 11.2. The number of hydrogen-bond donors (Lipinski definition) is 1. The molecule has 2 heterocycles. The lowest BCUT2D eigenvalue weighted by molar-refractivity contribution is 0.0956. The lowest BCUT2D eigenvalue weighted by atomic mass is 9.91. The van der Waals surface area contributed by atoms with Gasteiger partial charge in [-0.15, -0.1) is 11.3 Å². The molecule has 0 aliphatic rings. The maximum atomic E-state index is 13.0. The van der Waals surface area contributed by atoms with Crippen LogP contribution in [-0.4, -0.2) is 22.4 Å². The summed E-state index contributed by atoms with van der Waals surface area (Å²) in [5, 5.41) is 4.15. The first-order chi connectivity index (χ1) is 14.0. The molecule has 0 bridgehead atoms. The fraction of sp³-hybridized carbons (Fsp3) is 0.208. The molecule has 0 radical (unpaired) electrons. The maximum absolute atomic E-state index is 13.0. The van der Waals surface area contributed by atoms with E-state index in [1.165, 1.54) is 22.5 Å². The number of nitrogens with one attached hydrogen (secondary N) is 1. The van der Waals surface area contributed by atoms with Crippen LogP contribution in [0.5, 0.6) is 0 Å². The van der Waals surface area contributed by atoms with Crippen molar-refractivity contribution in [3.63, 3.8) is 0 Å². The minimum atomic E-state index is -0.0561. The Kier molecular flexibility index (Phi) is 5.41. The van der Waals surface area contributed by atoms with Gasteiger partial charge in [0, 0.05) is 23.5 Å². The highest BCUT2D eigenvalue weighted by Gasteiger charge is 2.20. The van der Waals surface area contributed by atoms with Crippen molar-refractivity contribution in [2.24, 2.45) is 0 Å². The Morgan fingerprint density at radius 1 is 0.931 bits per heavy atom. The van der Waals surface area contributed by atoms with Gasteiger partial charge < -0.3 is 5.32 Å². The minimum Gasteiger partial charge on any atom is -0.350 e. The SMILES string of the molecule is Cc1nc(C)c2c(C)c(C(=O)NCC(c3ccccc3)c3ccccc3)sc2n1. The van der Waals surface area contributed by atoms with Crippen LogP contribution in [0.3, 0.4) is 0 Å². The van der Waals surface area contributed by atoms with Crippen molar-refractivity contribution in [2.45, 2.75) is 26.7 Å². The summed E-state index contributed by atoms with van der Waals surface area (Å²) in [5.74, 6) is 0.774. The first-order valence-electron chi connectivity index (χ1n) is 9.67. The number of hydrogen-bond acceptors (Lipinski definition) is 4.